The van der Waals surface area contributed by atoms with Crippen LogP contribution in [0.4, 0.5) is 0 Å². The second kappa shape index (κ2) is 7.53. The molecule has 0 aromatic heterocycles. The summed E-state index contributed by atoms with van der Waals surface area (Å²) in [6.07, 6.45) is 6.21. The predicted octanol–water partition coefficient (Wildman–Crippen LogP) is 2.06. The molecular weight excluding hydrogens is 204 g/mol. The van der Waals surface area contributed by atoms with Crippen LogP contribution in [0.1, 0.15) is 26.2 Å². The van der Waals surface area contributed by atoms with Crippen LogP contribution >= 0.6 is 11.8 Å². The van der Waals surface area contributed by atoms with Gasteiger partial charge >= 0.3 is 0 Å². The fourth-order valence-corrected chi connectivity index (χ4v) is 3.24. The third-order valence-corrected chi connectivity index (χ3v) is 4.18. The van der Waals surface area contributed by atoms with Crippen LogP contribution in [0.2, 0.25) is 0 Å². The van der Waals surface area contributed by atoms with Crippen molar-refractivity contribution in [1.29, 1.82) is 0 Å². The van der Waals surface area contributed by atoms with Crippen molar-refractivity contribution in [2.45, 2.75) is 32.2 Å². The van der Waals surface area contributed by atoms with Crippen molar-refractivity contribution in [3.05, 3.63) is 0 Å². The van der Waals surface area contributed by atoms with Crippen molar-refractivity contribution in [3.8, 4) is 0 Å². The molecule has 0 amide bonds. The summed E-state index contributed by atoms with van der Waals surface area (Å²) in [4.78, 5) is 2.58. The molecule has 0 bridgehead atoms. The maximum Gasteiger partial charge on any atom is 0.0180 e. The lowest BCUT2D eigenvalue weighted by Gasteiger charge is -2.32. The molecule has 1 unspecified atom stereocenters. The van der Waals surface area contributed by atoms with Crippen LogP contribution in [0.3, 0.4) is 0 Å². The summed E-state index contributed by atoms with van der Waals surface area (Å²) in [6.45, 7) is 6.04. The molecule has 0 aromatic rings. The standard InChI is InChI=1S/C12H26N2S/c1-4-12(10-15-3)14(2)9-11-5-7-13-8-6-11/h11-13H,4-10H2,1-3H3. The molecule has 15 heavy (non-hydrogen) atoms. The summed E-state index contributed by atoms with van der Waals surface area (Å²) in [7, 11) is 2.30. The molecule has 1 fully saturated rings. The largest absolute Gasteiger partial charge is 0.317 e. The lowest BCUT2D eigenvalue weighted by atomic mass is 9.97. The Labute approximate surface area is 99.2 Å². The smallest absolute Gasteiger partial charge is 0.0180 e. The van der Waals surface area contributed by atoms with Gasteiger partial charge in [-0.2, -0.15) is 11.8 Å². The number of hydrogen-bond acceptors (Lipinski definition) is 3. The zero-order valence-electron chi connectivity index (χ0n) is 10.5. The summed E-state index contributed by atoms with van der Waals surface area (Å²) >= 11 is 1.97. The Balaban J connectivity index is 2.27. The van der Waals surface area contributed by atoms with Crippen LogP contribution in [0, 0.1) is 5.92 Å². The van der Waals surface area contributed by atoms with Crippen molar-refractivity contribution in [2.24, 2.45) is 5.92 Å². The van der Waals surface area contributed by atoms with E-state index < -0.39 is 0 Å². The monoisotopic (exact) mass is 230 g/mol. The number of rotatable bonds is 6. The molecule has 0 spiro atoms. The third-order valence-electron chi connectivity index (χ3n) is 3.46. The second-order valence-electron chi connectivity index (χ2n) is 4.65. The fourth-order valence-electron chi connectivity index (χ4n) is 2.37. The highest BCUT2D eigenvalue weighted by atomic mass is 32.2. The molecule has 0 aromatic carbocycles. The molecule has 0 radical (unpaired) electrons. The van der Waals surface area contributed by atoms with E-state index in [-0.39, 0.29) is 0 Å². The SMILES string of the molecule is CCC(CSC)N(C)CC1CCNCC1. The minimum Gasteiger partial charge on any atom is -0.317 e. The van der Waals surface area contributed by atoms with E-state index in [1.165, 1.54) is 44.6 Å². The van der Waals surface area contributed by atoms with Gasteiger partial charge in [-0.1, -0.05) is 6.92 Å². The Morgan fingerprint density at radius 2 is 2.07 bits per heavy atom. The Morgan fingerprint density at radius 3 is 2.60 bits per heavy atom. The Hall–Kier alpha value is 0.270. The van der Waals surface area contributed by atoms with Crippen molar-refractivity contribution >= 4 is 11.8 Å². The minimum absolute atomic E-state index is 0.773. The van der Waals surface area contributed by atoms with Gasteiger partial charge in [-0.25, -0.2) is 0 Å². The predicted molar refractivity (Wildman–Crippen MR) is 70.7 cm³/mol. The van der Waals surface area contributed by atoms with Gasteiger partial charge in [-0.05, 0) is 51.6 Å². The molecule has 0 aliphatic carbocycles. The van der Waals surface area contributed by atoms with E-state index in [0.717, 1.165) is 12.0 Å². The molecule has 90 valence electrons. The van der Waals surface area contributed by atoms with Crippen LogP contribution in [0.15, 0.2) is 0 Å². The van der Waals surface area contributed by atoms with Gasteiger partial charge in [-0.15, -0.1) is 0 Å². The first kappa shape index (κ1) is 13.3. The van der Waals surface area contributed by atoms with Gasteiger partial charge in [0.2, 0.25) is 0 Å². The summed E-state index contributed by atoms with van der Waals surface area (Å²) in [5.41, 5.74) is 0. The van der Waals surface area contributed by atoms with Crippen LogP contribution in [-0.2, 0) is 0 Å². The highest BCUT2D eigenvalue weighted by molar-refractivity contribution is 7.98. The summed E-state index contributed by atoms with van der Waals surface area (Å²) < 4.78 is 0. The van der Waals surface area contributed by atoms with E-state index in [2.05, 4.69) is 30.4 Å². The van der Waals surface area contributed by atoms with E-state index in [9.17, 15) is 0 Å². The number of thioether (sulfide) groups is 1. The van der Waals surface area contributed by atoms with E-state index in [0.29, 0.717) is 0 Å². The fraction of sp³-hybridized carbons (Fsp3) is 1.00. The van der Waals surface area contributed by atoms with Gasteiger partial charge in [-0.3, -0.25) is 0 Å². The number of nitrogens with zero attached hydrogens (tertiary/aromatic N) is 1. The van der Waals surface area contributed by atoms with Gasteiger partial charge in [0.15, 0.2) is 0 Å². The number of hydrogen-bond donors (Lipinski definition) is 1. The molecule has 1 rings (SSSR count). The lowest BCUT2D eigenvalue weighted by Crippen LogP contribution is -2.40. The summed E-state index contributed by atoms with van der Waals surface area (Å²) in [6, 6.07) is 0.773. The molecule has 1 N–H and O–H groups in total. The quantitative estimate of drug-likeness (QED) is 0.752. The van der Waals surface area contributed by atoms with E-state index >= 15 is 0 Å². The van der Waals surface area contributed by atoms with Crippen molar-refractivity contribution in [2.75, 3.05) is 38.7 Å². The van der Waals surface area contributed by atoms with Crippen LogP contribution in [-0.4, -0.2) is 49.6 Å². The maximum atomic E-state index is 3.43. The van der Waals surface area contributed by atoms with Crippen LogP contribution < -0.4 is 5.32 Å². The summed E-state index contributed by atoms with van der Waals surface area (Å²) in [5.74, 6) is 2.20. The molecule has 1 saturated heterocycles. The van der Waals surface area contributed by atoms with Crippen LogP contribution in [0.5, 0.6) is 0 Å². The van der Waals surface area contributed by atoms with Gasteiger partial charge < -0.3 is 10.2 Å². The third kappa shape index (κ3) is 4.75. The maximum absolute atomic E-state index is 3.43. The average Bonchev–Trinajstić information content (AvgIpc) is 2.27. The van der Waals surface area contributed by atoms with Crippen molar-refractivity contribution in [3.63, 3.8) is 0 Å². The average molecular weight is 230 g/mol. The lowest BCUT2D eigenvalue weighted by molar-refractivity contribution is 0.195. The van der Waals surface area contributed by atoms with Crippen molar-refractivity contribution in [1.82, 2.24) is 10.2 Å². The Bertz CT molecular complexity index is 158. The first-order valence-corrected chi connectivity index (χ1v) is 7.57. The first-order valence-electron chi connectivity index (χ1n) is 6.17. The normalized spacial score (nSPS) is 20.8. The molecule has 3 heteroatoms. The van der Waals surface area contributed by atoms with Gasteiger partial charge in [0.25, 0.3) is 0 Å². The van der Waals surface area contributed by atoms with Gasteiger partial charge in [0.05, 0.1) is 0 Å². The van der Waals surface area contributed by atoms with Gasteiger partial charge in [0.1, 0.15) is 0 Å². The van der Waals surface area contributed by atoms with Crippen molar-refractivity contribution < 1.29 is 0 Å². The zero-order valence-corrected chi connectivity index (χ0v) is 11.3. The molecule has 1 aliphatic rings. The Morgan fingerprint density at radius 1 is 1.40 bits per heavy atom. The second-order valence-corrected chi connectivity index (χ2v) is 5.56. The van der Waals surface area contributed by atoms with Crippen LogP contribution in [0.25, 0.3) is 0 Å². The minimum atomic E-state index is 0.773. The van der Waals surface area contributed by atoms with E-state index in [1.54, 1.807) is 0 Å². The van der Waals surface area contributed by atoms with Gasteiger partial charge in [0, 0.05) is 18.3 Å². The molecule has 1 atom stereocenters. The first-order chi connectivity index (χ1) is 7.27. The van der Waals surface area contributed by atoms with E-state index in [1.807, 2.05) is 11.8 Å². The number of piperidine rings is 1. The van der Waals surface area contributed by atoms with E-state index in [4.69, 9.17) is 0 Å². The topological polar surface area (TPSA) is 15.3 Å². The molecular formula is C12H26N2S. The Kier molecular flexibility index (Phi) is 6.69. The number of nitrogens with one attached hydrogen (secondary N) is 1. The molecule has 1 aliphatic heterocycles. The molecule has 1 heterocycles. The molecule has 2 nitrogen and oxygen atoms in total. The zero-order chi connectivity index (χ0) is 11.1. The molecule has 0 saturated carbocycles. The highest BCUT2D eigenvalue weighted by Crippen LogP contribution is 2.16. The summed E-state index contributed by atoms with van der Waals surface area (Å²) in [5, 5.41) is 3.43. The highest BCUT2D eigenvalue weighted by Gasteiger charge is 2.18.